The Bertz CT molecular complexity index is 1250. The number of amides is 1. The first-order chi connectivity index (χ1) is 15.6. The Kier molecular flexibility index (Phi) is 5.91. The highest BCUT2D eigenvalue weighted by Gasteiger charge is 2.21. The number of rotatable bonds is 4. The highest BCUT2D eigenvalue weighted by molar-refractivity contribution is 7.13. The molecule has 1 aromatic carbocycles. The van der Waals surface area contributed by atoms with Crippen molar-refractivity contribution in [2.45, 2.75) is 37.8 Å². The minimum absolute atomic E-state index is 0.136. The molecule has 5 rings (SSSR count). The van der Waals surface area contributed by atoms with Crippen LogP contribution in [-0.2, 0) is 0 Å². The van der Waals surface area contributed by atoms with Gasteiger partial charge in [-0.1, -0.05) is 29.8 Å². The van der Waals surface area contributed by atoms with Gasteiger partial charge < -0.3 is 11.1 Å². The normalized spacial score (nSPS) is 18.6. The molecule has 1 aliphatic rings. The lowest BCUT2D eigenvalue weighted by atomic mass is 9.92. The van der Waals surface area contributed by atoms with Crippen molar-refractivity contribution in [3.8, 4) is 21.6 Å². The molecule has 0 atom stereocenters. The summed E-state index contributed by atoms with van der Waals surface area (Å²) in [6, 6.07) is 14.2. The first-order valence-corrected chi connectivity index (χ1v) is 12.0. The second-order valence-corrected chi connectivity index (χ2v) is 9.54. The van der Waals surface area contributed by atoms with Crippen LogP contribution in [-0.4, -0.2) is 28.0 Å². The van der Waals surface area contributed by atoms with Gasteiger partial charge in [-0.25, -0.2) is 0 Å². The Morgan fingerprint density at radius 2 is 1.84 bits per heavy atom. The molecule has 1 amide bonds. The van der Waals surface area contributed by atoms with Crippen LogP contribution in [0.2, 0.25) is 5.02 Å². The first kappa shape index (κ1) is 21.1. The molecule has 1 aliphatic carbocycles. The summed E-state index contributed by atoms with van der Waals surface area (Å²) in [6.07, 6.45) is 7.30. The summed E-state index contributed by atoms with van der Waals surface area (Å²) in [6.45, 7) is 0. The molecule has 0 spiro atoms. The van der Waals surface area contributed by atoms with Crippen LogP contribution >= 0.6 is 22.9 Å². The van der Waals surface area contributed by atoms with Gasteiger partial charge in [-0.15, -0.1) is 11.3 Å². The molecule has 5 nitrogen and oxygen atoms in total. The molecule has 3 aromatic heterocycles. The van der Waals surface area contributed by atoms with E-state index in [9.17, 15) is 4.79 Å². The van der Waals surface area contributed by atoms with E-state index in [1.807, 2.05) is 48.0 Å². The van der Waals surface area contributed by atoms with E-state index in [1.165, 1.54) is 0 Å². The van der Waals surface area contributed by atoms with Gasteiger partial charge in [0.05, 0.1) is 10.5 Å². The topological polar surface area (TPSA) is 80.9 Å². The summed E-state index contributed by atoms with van der Waals surface area (Å²) < 4.78 is 0. The number of thiophene rings is 1. The summed E-state index contributed by atoms with van der Waals surface area (Å²) in [4.78, 5) is 22.7. The van der Waals surface area contributed by atoms with Crippen LogP contribution < -0.4 is 11.1 Å². The third-order valence-corrected chi connectivity index (χ3v) is 7.34. The molecule has 32 heavy (non-hydrogen) atoms. The van der Waals surface area contributed by atoms with Crippen molar-refractivity contribution >= 4 is 39.7 Å². The molecule has 0 bridgehead atoms. The second kappa shape index (κ2) is 8.98. The van der Waals surface area contributed by atoms with Gasteiger partial charge in [-0.05, 0) is 60.9 Å². The second-order valence-electron chi connectivity index (χ2n) is 8.21. The van der Waals surface area contributed by atoms with E-state index in [0.29, 0.717) is 10.7 Å². The zero-order chi connectivity index (χ0) is 22.1. The molecule has 1 fully saturated rings. The number of pyridine rings is 2. The van der Waals surface area contributed by atoms with Crippen LogP contribution in [0.25, 0.3) is 32.5 Å². The maximum Gasteiger partial charge on any atom is 0.270 e. The number of hydrogen-bond acceptors (Lipinski definition) is 5. The lowest BCUT2D eigenvalue weighted by Crippen LogP contribution is -2.40. The van der Waals surface area contributed by atoms with E-state index in [1.54, 1.807) is 23.6 Å². The smallest absolute Gasteiger partial charge is 0.270 e. The van der Waals surface area contributed by atoms with Crippen LogP contribution in [0.4, 0.5) is 0 Å². The molecule has 3 N–H and O–H groups in total. The number of nitrogens with two attached hydrogens (primary N) is 1. The molecule has 4 aromatic rings. The number of nitrogens with one attached hydrogen (secondary N) is 1. The minimum atomic E-state index is -0.136. The molecule has 0 saturated heterocycles. The quantitative estimate of drug-likeness (QED) is 0.409. The van der Waals surface area contributed by atoms with Gasteiger partial charge in [-0.3, -0.25) is 14.8 Å². The van der Waals surface area contributed by atoms with Crippen molar-refractivity contribution in [1.29, 1.82) is 0 Å². The highest BCUT2D eigenvalue weighted by atomic mass is 35.5. The fraction of sp³-hybridized carbons (Fsp3) is 0.240. The van der Waals surface area contributed by atoms with Crippen LogP contribution in [0.15, 0.2) is 60.2 Å². The fourth-order valence-electron chi connectivity index (χ4n) is 4.17. The van der Waals surface area contributed by atoms with E-state index in [4.69, 9.17) is 17.3 Å². The molecule has 0 radical (unpaired) electrons. The monoisotopic (exact) mass is 462 g/mol. The highest BCUT2D eigenvalue weighted by Crippen LogP contribution is 2.36. The lowest BCUT2D eigenvalue weighted by Gasteiger charge is -2.26. The molecule has 162 valence electrons. The van der Waals surface area contributed by atoms with Gasteiger partial charge in [-0.2, -0.15) is 0 Å². The summed E-state index contributed by atoms with van der Waals surface area (Å²) in [5, 5.41) is 6.70. The Labute approximate surface area is 195 Å². The Hall–Kier alpha value is -2.80. The predicted octanol–water partition coefficient (Wildman–Crippen LogP) is 5.68. The van der Waals surface area contributed by atoms with Crippen molar-refractivity contribution in [2.24, 2.45) is 5.73 Å². The SMILES string of the molecule is NC1CCC(NC(=O)c2ccc(-c3ccc4ncc(-c5cccs5)c(Cl)c4c3)cn2)CC1. The van der Waals surface area contributed by atoms with Gasteiger partial charge in [0.25, 0.3) is 5.91 Å². The molecule has 3 heterocycles. The van der Waals surface area contributed by atoms with E-state index in [-0.39, 0.29) is 18.0 Å². The number of carbonyl (C=O) groups is 1. The van der Waals surface area contributed by atoms with E-state index < -0.39 is 0 Å². The van der Waals surface area contributed by atoms with E-state index in [0.717, 1.165) is 58.2 Å². The Morgan fingerprint density at radius 1 is 1.03 bits per heavy atom. The number of nitrogens with zero attached hydrogens (tertiary/aromatic N) is 2. The standard InChI is InChI=1S/C25H23ClN4OS/c26-24-19-12-15(3-9-21(19)29-14-20(24)23-2-1-11-32-23)16-4-10-22(28-13-16)25(31)30-18-7-5-17(27)6-8-18/h1-4,9-14,17-18H,5-8,27H2,(H,30,31). The minimum Gasteiger partial charge on any atom is -0.348 e. The van der Waals surface area contributed by atoms with E-state index in [2.05, 4.69) is 15.3 Å². The molecule has 1 saturated carbocycles. The van der Waals surface area contributed by atoms with Crippen molar-refractivity contribution in [1.82, 2.24) is 15.3 Å². The number of halogens is 1. The van der Waals surface area contributed by atoms with Gasteiger partial charge in [0.2, 0.25) is 0 Å². The van der Waals surface area contributed by atoms with Crippen LogP contribution in [0, 0.1) is 0 Å². The number of fused-ring (bicyclic) bond motifs is 1. The third kappa shape index (κ3) is 4.26. The van der Waals surface area contributed by atoms with Crippen molar-refractivity contribution < 1.29 is 4.79 Å². The lowest BCUT2D eigenvalue weighted by molar-refractivity contribution is 0.0921. The summed E-state index contributed by atoms with van der Waals surface area (Å²) in [5.74, 6) is -0.136. The summed E-state index contributed by atoms with van der Waals surface area (Å²) in [5.41, 5.74) is 10.0. The maximum absolute atomic E-state index is 12.6. The molecule has 0 aliphatic heterocycles. The van der Waals surface area contributed by atoms with Crippen LogP contribution in [0.3, 0.4) is 0 Å². The van der Waals surface area contributed by atoms with Crippen molar-refractivity contribution in [3.63, 3.8) is 0 Å². The van der Waals surface area contributed by atoms with Gasteiger partial charge >= 0.3 is 0 Å². The van der Waals surface area contributed by atoms with E-state index >= 15 is 0 Å². The molecule has 0 unspecified atom stereocenters. The van der Waals surface area contributed by atoms with Crippen LogP contribution in [0.1, 0.15) is 36.2 Å². The molecular weight excluding hydrogens is 440 g/mol. The first-order valence-electron chi connectivity index (χ1n) is 10.7. The van der Waals surface area contributed by atoms with Gasteiger partial charge in [0.1, 0.15) is 5.69 Å². The Morgan fingerprint density at radius 3 is 2.56 bits per heavy atom. The number of hydrogen-bond donors (Lipinski definition) is 2. The summed E-state index contributed by atoms with van der Waals surface area (Å²) >= 11 is 8.39. The predicted molar refractivity (Wildman–Crippen MR) is 131 cm³/mol. The van der Waals surface area contributed by atoms with Crippen LogP contribution in [0.5, 0.6) is 0 Å². The maximum atomic E-state index is 12.6. The average molecular weight is 463 g/mol. The van der Waals surface area contributed by atoms with Gasteiger partial charge in [0, 0.05) is 45.9 Å². The number of aromatic nitrogens is 2. The molecule has 7 heteroatoms. The number of benzene rings is 1. The summed E-state index contributed by atoms with van der Waals surface area (Å²) in [7, 11) is 0. The zero-order valence-electron chi connectivity index (χ0n) is 17.4. The fourth-order valence-corrected chi connectivity index (χ4v) is 5.27. The van der Waals surface area contributed by atoms with Crippen molar-refractivity contribution in [3.05, 3.63) is 71.0 Å². The zero-order valence-corrected chi connectivity index (χ0v) is 19.0. The largest absolute Gasteiger partial charge is 0.348 e. The van der Waals surface area contributed by atoms with Crippen molar-refractivity contribution in [2.75, 3.05) is 0 Å². The third-order valence-electron chi connectivity index (χ3n) is 6.03. The van der Waals surface area contributed by atoms with Gasteiger partial charge in [0.15, 0.2) is 0 Å². The molecular formula is C25H23ClN4OS. The Balaban J connectivity index is 1.38. The average Bonchev–Trinajstić information content (AvgIpc) is 3.35. The number of carbonyl (C=O) groups excluding carboxylic acids is 1.